The molecule has 1 aliphatic carbocycles. The van der Waals surface area contributed by atoms with Crippen molar-refractivity contribution in [2.24, 2.45) is 40.4 Å². The monoisotopic (exact) mass is 731 g/mol. The van der Waals surface area contributed by atoms with Gasteiger partial charge in [0.25, 0.3) is 0 Å². The topological polar surface area (TPSA) is 52.6 Å². The Bertz CT molecular complexity index is 931. The Balaban J connectivity index is 2.31. The highest BCUT2D eigenvalue weighted by Crippen LogP contribution is 2.80. The van der Waals surface area contributed by atoms with Gasteiger partial charge in [-0.1, -0.05) is 196 Å². The molecule has 0 aromatic rings. The van der Waals surface area contributed by atoms with Crippen LogP contribution in [0.25, 0.3) is 0 Å². The third-order valence-electron chi connectivity index (χ3n) is 14.3. The third-order valence-corrected chi connectivity index (χ3v) is 14.3. The first-order valence-corrected chi connectivity index (χ1v) is 23.6. The molecule has 0 aromatic heterocycles. The molecule has 1 saturated heterocycles. The summed E-state index contributed by atoms with van der Waals surface area (Å²) in [5.41, 5.74) is -0.176. The normalized spacial score (nSPS) is 24.1. The molecule has 8 atom stereocenters. The zero-order valence-electron chi connectivity index (χ0n) is 36.3. The van der Waals surface area contributed by atoms with Crippen LogP contribution in [0.5, 0.6) is 0 Å². The molecule has 2 rings (SSSR count). The van der Waals surface area contributed by atoms with Crippen molar-refractivity contribution in [1.29, 1.82) is 0 Å². The fourth-order valence-electron chi connectivity index (χ4n) is 11.4. The quantitative estimate of drug-likeness (QED) is 0.0489. The largest absolute Gasteiger partial charge is 0.469 e. The van der Waals surface area contributed by atoms with Crippen LogP contribution >= 0.6 is 0 Å². The molecule has 1 heterocycles. The van der Waals surface area contributed by atoms with Crippen LogP contribution in [-0.2, 0) is 19.1 Å². The van der Waals surface area contributed by atoms with Crippen molar-refractivity contribution in [3.8, 4) is 0 Å². The second kappa shape index (κ2) is 26.7. The molecule has 0 N–H and O–H groups in total. The van der Waals surface area contributed by atoms with Crippen molar-refractivity contribution in [1.82, 2.24) is 0 Å². The molecule has 2 aliphatic rings. The fourth-order valence-corrected chi connectivity index (χ4v) is 11.4. The van der Waals surface area contributed by atoms with Crippen LogP contribution in [0.4, 0.5) is 0 Å². The number of unbranched alkanes of at least 4 members (excludes halogenated alkanes) is 17. The molecule has 1 spiro atoms. The highest BCUT2D eigenvalue weighted by Gasteiger charge is 2.80. The number of carbonyl (C=O) groups is 2. The number of rotatable bonds is 34. The van der Waals surface area contributed by atoms with Gasteiger partial charge in [0.15, 0.2) is 0 Å². The van der Waals surface area contributed by atoms with E-state index in [1.54, 1.807) is 7.11 Å². The molecule has 52 heavy (non-hydrogen) atoms. The predicted molar refractivity (Wildman–Crippen MR) is 222 cm³/mol. The van der Waals surface area contributed by atoms with Gasteiger partial charge in [-0.2, -0.15) is 0 Å². The standard InChI is InChI=1S/C48H90O4/c1-9-16-20-21-22-23-24-25-26-27-28-29-30-31-32-36-42(44(46(50)51-8)39(13-5)33-17-10-2)48(41(15-7)35-19-12-4)38-47(48)37-43(49)52-45(47)40(14-6)34-18-11-3/h39-42,44-45H,9-38H2,1-8H3. The van der Waals surface area contributed by atoms with E-state index in [0.29, 0.717) is 24.2 Å². The zero-order valence-corrected chi connectivity index (χ0v) is 36.3. The van der Waals surface area contributed by atoms with Gasteiger partial charge in [0, 0.05) is 5.41 Å². The number of ether oxygens (including phenoxy) is 2. The molecule has 0 bridgehead atoms. The van der Waals surface area contributed by atoms with Crippen LogP contribution in [0, 0.1) is 40.4 Å². The van der Waals surface area contributed by atoms with Crippen molar-refractivity contribution in [3.05, 3.63) is 0 Å². The maximum absolute atomic E-state index is 14.2. The summed E-state index contributed by atoms with van der Waals surface area (Å²) in [6, 6.07) is 0. The Morgan fingerprint density at radius 1 is 0.635 bits per heavy atom. The minimum Gasteiger partial charge on any atom is -0.469 e. The average Bonchev–Trinajstić information content (AvgIpc) is 3.69. The van der Waals surface area contributed by atoms with E-state index in [4.69, 9.17) is 9.47 Å². The summed E-state index contributed by atoms with van der Waals surface area (Å²) in [7, 11) is 1.62. The van der Waals surface area contributed by atoms with E-state index >= 15 is 0 Å². The maximum atomic E-state index is 14.2. The Morgan fingerprint density at radius 3 is 1.62 bits per heavy atom. The van der Waals surface area contributed by atoms with Gasteiger partial charge in [-0.25, -0.2) is 0 Å². The minimum atomic E-state index is -0.136. The van der Waals surface area contributed by atoms with Gasteiger partial charge in [-0.15, -0.1) is 0 Å². The van der Waals surface area contributed by atoms with Crippen LogP contribution < -0.4 is 0 Å². The Labute approximate surface area is 324 Å². The summed E-state index contributed by atoms with van der Waals surface area (Å²) in [5.74, 6) is 1.41. The van der Waals surface area contributed by atoms with Gasteiger partial charge in [0.1, 0.15) is 6.10 Å². The minimum absolute atomic E-state index is 0.00944. The molecule has 2 fully saturated rings. The lowest BCUT2D eigenvalue weighted by molar-refractivity contribution is -0.154. The summed E-state index contributed by atoms with van der Waals surface area (Å²) >= 11 is 0. The molecule has 4 heteroatoms. The second-order valence-corrected chi connectivity index (χ2v) is 17.7. The van der Waals surface area contributed by atoms with Crippen LogP contribution in [-0.4, -0.2) is 25.2 Å². The first-order valence-electron chi connectivity index (χ1n) is 23.6. The highest BCUT2D eigenvalue weighted by molar-refractivity contribution is 5.76. The molecule has 0 radical (unpaired) electrons. The number of methoxy groups -OCH3 is 1. The Hall–Kier alpha value is -1.06. The molecule has 8 unspecified atom stereocenters. The molecular formula is C48H90O4. The highest BCUT2D eigenvalue weighted by atomic mass is 16.6. The summed E-state index contributed by atoms with van der Waals surface area (Å²) in [6.45, 7) is 16.2. The molecule has 0 aromatic carbocycles. The lowest BCUT2D eigenvalue weighted by atomic mass is 9.59. The summed E-state index contributed by atoms with van der Waals surface area (Å²) in [6.07, 6.45) is 36.8. The van der Waals surface area contributed by atoms with E-state index < -0.39 is 0 Å². The van der Waals surface area contributed by atoms with Crippen molar-refractivity contribution >= 4 is 11.9 Å². The lowest BCUT2D eigenvalue weighted by Gasteiger charge is -2.45. The van der Waals surface area contributed by atoms with Gasteiger partial charge < -0.3 is 9.47 Å². The first-order chi connectivity index (χ1) is 25.3. The Kier molecular flexibility index (Phi) is 24.2. The van der Waals surface area contributed by atoms with E-state index in [9.17, 15) is 9.59 Å². The summed E-state index contributed by atoms with van der Waals surface area (Å²) < 4.78 is 12.3. The van der Waals surface area contributed by atoms with Gasteiger partial charge in [0.05, 0.1) is 19.4 Å². The van der Waals surface area contributed by atoms with Gasteiger partial charge in [-0.3, -0.25) is 9.59 Å². The van der Waals surface area contributed by atoms with Crippen molar-refractivity contribution < 1.29 is 19.1 Å². The fraction of sp³-hybridized carbons (Fsp3) is 0.958. The van der Waals surface area contributed by atoms with E-state index in [-0.39, 0.29) is 40.7 Å². The zero-order chi connectivity index (χ0) is 38.2. The predicted octanol–water partition coefficient (Wildman–Crippen LogP) is 15.0. The second-order valence-electron chi connectivity index (χ2n) is 17.7. The smallest absolute Gasteiger partial charge is 0.309 e. The number of cyclic esters (lactones) is 1. The van der Waals surface area contributed by atoms with E-state index in [2.05, 4.69) is 48.5 Å². The molecule has 306 valence electrons. The van der Waals surface area contributed by atoms with Crippen molar-refractivity contribution in [3.63, 3.8) is 0 Å². The number of esters is 2. The lowest BCUT2D eigenvalue weighted by Crippen LogP contribution is -2.45. The molecule has 0 amide bonds. The van der Waals surface area contributed by atoms with Crippen LogP contribution in [0.3, 0.4) is 0 Å². The molecular weight excluding hydrogens is 641 g/mol. The van der Waals surface area contributed by atoms with Gasteiger partial charge >= 0.3 is 11.9 Å². The third kappa shape index (κ3) is 13.3. The number of hydrogen-bond donors (Lipinski definition) is 0. The van der Waals surface area contributed by atoms with Crippen molar-refractivity contribution in [2.75, 3.05) is 7.11 Å². The van der Waals surface area contributed by atoms with Crippen LogP contribution in [0.1, 0.15) is 241 Å². The van der Waals surface area contributed by atoms with Crippen LogP contribution in [0.15, 0.2) is 0 Å². The SMILES string of the molecule is CCCCCCCCCCCCCCCCCC(C(C(=O)OC)C(CC)CCCC)C1(C(CC)CCCC)CC12CC(=O)OC2C(CC)CCCC. The molecule has 1 aliphatic heterocycles. The van der Waals surface area contributed by atoms with Crippen molar-refractivity contribution in [2.45, 2.75) is 247 Å². The summed E-state index contributed by atoms with van der Waals surface area (Å²) in [5, 5.41) is 0. The van der Waals surface area contributed by atoms with Gasteiger partial charge in [0.2, 0.25) is 0 Å². The van der Waals surface area contributed by atoms with E-state index in [0.717, 1.165) is 57.8 Å². The van der Waals surface area contributed by atoms with E-state index in [1.165, 1.54) is 128 Å². The average molecular weight is 731 g/mol. The molecule has 1 saturated carbocycles. The van der Waals surface area contributed by atoms with E-state index in [1.807, 2.05) is 0 Å². The van der Waals surface area contributed by atoms with Gasteiger partial charge in [-0.05, 0) is 67.6 Å². The number of carbonyl (C=O) groups excluding carboxylic acids is 2. The first kappa shape index (κ1) is 47.1. The molecule has 4 nitrogen and oxygen atoms in total. The maximum Gasteiger partial charge on any atom is 0.309 e. The summed E-state index contributed by atoms with van der Waals surface area (Å²) in [4.78, 5) is 27.8. The number of hydrogen-bond acceptors (Lipinski definition) is 4. The van der Waals surface area contributed by atoms with Crippen LogP contribution in [0.2, 0.25) is 0 Å². The Morgan fingerprint density at radius 2 is 1.13 bits per heavy atom.